The second kappa shape index (κ2) is 12.8. The summed E-state index contributed by atoms with van der Waals surface area (Å²) in [6.07, 6.45) is 2.42. The average molecular weight is 569 g/mol. The number of ether oxygens (including phenoxy) is 3. The number of aromatic nitrogens is 3. The largest absolute Gasteiger partial charge is 0.493 e. The van der Waals surface area contributed by atoms with Gasteiger partial charge in [0.1, 0.15) is 5.75 Å². The first-order chi connectivity index (χ1) is 19.1. The second-order valence-corrected chi connectivity index (χ2v) is 11.8. The molecule has 11 heteroatoms. The van der Waals surface area contributed by atoms with Gasteiger partial charge in [-0.1, -0.05) is 12.1 Å². The molecule has 0 radical (unpaired) electrons. The molecule has 0 amide bonds. The number of imidazole rings is 1. The molecule has 9 nitrogen and oxygen atoms in total. The number of para-hydroxylation sites is 2. The fraction of sp³-hybridized carbons (Fsp3) is 0.357. The summed E-state index contributed by atoms with van der Waals surface area (Å²) in [6.45, 7) is 6.07. The number of morpholine rings is 1. The summed E-state index contributed by atoms with van der Waals surface area (Å²) in [7, 11) is -1.60. The fourth-order valence-electron chi connectivity index (χ4n) is 4.42. The molecule has 0 N–H and O–H groups in total. The van der Waals surface area contributed by atoms with E-state index in [2.05, 4.69) is 14.9 Å². The van der Waals surface area contributed by atoms with Crippen molar-refractivity contribution < 1.29 is 22.6 Å². The lowest BCUT2D eigenvalue weighted by Gasteiger charge is -2.28. The van der Waals surface area contributed by atoms with Crippen LogP contribution in [0.2, 0.25) is 0 Å². The van der Waals surface area contributed by atoms with Gasteiger partial charge in [-0.2, -0.15) is 0 Å². The molecule has 2 unspecified atom stereocenters. The highest BCUT2D eigenvalue weighted by Crippen LogP contribution is 2.27. The maximum Gasteiger partial charge on any atom is 0.212 e. The Hall–Kier alpha value is -3.12. The van der Waals surface area contributed by atoms with E-state index in [0.29, 0.717) is 53.8 Å². The Kier molecular flexibility index (Phi) is 9.02. The van der Waals surface area contributed by atoms with Crippen LogP contribution in [-0.2, 0) is 37.0 Å². The van der Waals surface area contributed by atoms with Crippen LogP contribution in [0.1, 0.15) is 17.7 Å². The van der Waals surface area contributed by atoms with Gasteiger partial charge in [-0.05, 0) is 49.4 Å². The predicted octanol–water partition coefficient (Wildman–Crippen LogP) is 3.87. The van der Waals surface area contributed by atoms with Crippen LogP contribution in [0.15, 0.2) is 70.8 Å². The minimum Gasteiger partial charge on any atom is -0.493 e. The standard InChI is InChI=1S/C28H32N4O5S2/c1-21-25(29-13-12-27(21)37-17-5-16-35-2)20-38(33)28-30-24-6-3-4-7-26(24)32(28)39(34)23-10-8-22(9-11-23)31-14-18-36-19-15-31/h3-4,6-13H,5,14-20H2,1-2H3. The first kappa shape index (κ1) is 27.4. The van der Waals surface area contributed by atoms with Gasteiger partial charge in [0.15, 0.2) is 11.0 Å². The van der Waals surface area contributed by atoms with E-state index < -0.39 is 21.8 Å². The zero-order valence-electron chi connectivity index (χ0n) is 22.1. The molecule has 206 valence electrons. The van der Waals surface area contributed by atoms with Gasteiger partial charge < -0.3 is 19.1 Å². The van der Waals surface area contributed by atoms with Crippen molar-refractivity contribution >= 4 is 38.5 Å². The molecule has 2 aromatic carbocycles. The van der Waals surface area contributed by atoms with E-state index in [1.54, 1.807) is 23.3 Å². The second-order valence-electron chi connectivity index (χ2n) is 9.09. The number of hydrogen-bond acceptors (Lipinski definition) is 8. The van der Waals surface area contributed by atoms with Crippen molar-refractivity contribution in [3.05, 3.63) is 72.1 Å². The van der Waals surface area contributed by atoms with E-state index in [9.17, 15) is 8.42 Å². The fourth-order valence-corrected chi connectivity index (χ4v) is 7.12. The van der Waals surface area contributed by atoms with Gasteiger partial charge in [0, 0.05) is 50.7 Å². The monoisotopic (exact) mass is 568 g/mol. The third-order valence-electron chi connectivity index (χ3n) is 6.55. The zero-order chi connectivity index (χ0) is 27.2. The lowest BCUT2D eigenvalue weighted by molar-refractivity contribution is 0.122. The summed E-state index contributed by atoms with van der Waals surface area (Å²) in [6, 6.07) is 16.9. The normalized spacial score (nSPS) is 15.4. The molecule has 5 rings (SSSR count). The molecule has 0 bridgehead atoms. The number of methoxy groups -OCH3 is 1. The molecule has 0 aliphatic carbocycles. The highest BCUT2D eigenvalue weighted by molar-refractivity contribution is 7.86. The van der Waals surface area contributed by atoms with Crippen molar-refractivity contribution in [3.8, 4) is 5.75 Å². The lowest BCUT2D eigenvalue weighted by Crippen LogP contribution is -2.36. The SMILES string of the molecule is COCCCOc1ccnc(CS(=O)c2nc3ccccc3n2S(=O)c2ccc(N3CCOCC3)cc2)c1C. The molecule has 0 saturated carbocycles. The maximum absolute atomic E-state index is 13.9. The molecule has 4 aromatic rings. The Morgan fingerprint density at radius 1 is 1.00 bits per heavy atom. The summed E-state index contributed by atoms with van der Waals surface area (Å²) in [5.41, 5.74) is 3.84. The van der Waals surface area contributed by atoms with E-state index in [1.807, 2.05) is 55.5 Å². The van der Waals surface area contributed by atoms with E-state index in [0.717, 1.165) is 30.8 Å². The molecule has 2 atom stereocenters. The van der Waals surface area contributed by atoms with Gasteiger partial charge in [0.25, 0.3) is 0 Å². The first-order valence-corrected chi connectivity index (χ1v) is 15.3. The van der Waals surface area contributed by atoms with Crippen LogP contribution in [0.4, 0.5) is 5.69 Å². The van der Waals surface area contributed by atoms with Crippen LogP contribution in [0.3, 0.4) is 0 Å². The number of hydrogen-bond donors (Lipinski definition) is 0. The molecular formula is C28H32N4O5S2. The van der Waals surface area contributed by atoms with Gasteiger partial charge in [-0.15, -0.1) is 0 Å². The maximum atomic E-state index is 13.9. The van der Waals surface area contributed by atoms with Crippen molar-refractivity contribution in [1.29, 1.82) is 0 Å². The Bertz CT molecular complexity index is 1470. The minimum atomic E-state index is -1.65. The molecule has 39 heavy (non-hydrogen) atoms. The first-order valence-electron chi connectivity index (χ1n) is 12.8. The molecule has 1 aliphatic heterocycles. The summed E-state index contributed by atoms with van der Waals surface area (Å²) in [4.78, 5) is 12.0. The minimum absolute atomic E-state index is 0.123. The number of fused-ring (bicyclic) bond motifs is 1. The van der Waals surface area contributed by atoms with Crippen LogP contribution < -0.4 is 9.64 Å². The average Bonchev–Trinajstić information content (AvgIpc) is 3.37. The molecule has 2 aromatic heterocycles. The highest BCUT2D eigenvalue weighted by Gasteiger charge is 2.23. The van der Waals surface area contributed by atoms with Crippen molar-refractivity contribution in [3.63, 3.8) is 0 Å². The zero-order valence-corrected chi connectivity index (χ0v) is 23.7. The van der Waals surface area contributed by atoms with Gasteiger partial charge in [0.05, 0.1) is 58.0 Å². The molecule has 1 saturated heterocycles. The van der Waals surface area contributed by atoms with Crippen molar-refractivity contribution in [2.45, 2.75) is 29.1 Å². The Morgan fingerprint density at radius 2 is 1.77 bits per heavy atom. The number of anilines is 1. The van der Waals surface area contributed by atoms with E-state index in [-0.39, 0.29) is 10.9 Å². The number of rotatable bonds is 11. The summed E-state index contributed by atoms with van der Waals surface area (Å²) < 4.78 is 45.6. The van der Waals surface area contributed by atoms with Crippen molar-refractivity contribution in [2.75, 3.05) is 51.5 Å². The van der Waals surface area contributed by atoms with Crippen LogP contribution >= 0.6 is 0 Å². The van der Waals surface area contributed by atoms with Gasteiger partial charge in [-0.25, -0.2) is 13.2 Å². The Balaban J connectivity index is 1.41. The van der Waals surface area contributed by atoms with Gasteiger partial charge >= 0.3 is 0 Å². The summed E-state index contributed by atoms with van der Waals surface area (Å²) >= 11 is 0. The summed E-state index contributed by atoms with van der Waals surface area (Å²) in [5.74, 6) is 0.822. The topological polar surface area (TPSA) is 95.8 Å². The molecule has 3 heterocycles. The Morgan fingerprint density at radius 3 is 2.54 bits per heavy atom. The van der Waals surface area contributed by atoms with E-state index >= 15 is 0 Å². The van der Waals surface area contributed by atoms with Crippen molar-refractivity contribution in [1.82, 2.24) is 13.9 Å². The Labute approximate surface area is 233 Å². The highest BCUT2D eigenvalue weighted by atomic mass is 32.2. The predicted molar refractivity (Wildman–Crippen MR) is 152 cm³/mol. The lowest BCUT2D eigenvalue weighted by atomic mass is 10.2. The molecule has 1 fully saturated rings. The number of nitrogens with zero attached hydrogens (tertiary/aromatic N) is 4. The van der Waals surface area contributed by atoms with E-state index in [1.165, 1.54) is 0 Å². The van der Waals surface area contributed by atoms with Crippen LogP contribution in [0, 0.1) is 6.92 Å². The summed E-state index contributed by atoms with van der Waals surface area (Å²) in [5, 5.41) is 0.249. The third kappa shape index (κ3) is 6.22. The van der Waals surface area contributed by atoms with Crippen molar-refractivity contribution in [2.24, 2.45) is 0 Å². The van der Waals surface area contributed by atoms with Crippen LogP contribution in [0.5, 0.6) is 5.75 Å². The molecular weight excluding hydrogens is 536 g/mol. The van der Waals surface area contributed by atoms with Crippen LogP contribution in [0.25, 0.3) is 11.0 Å². The third-order valence-corrected chi connectivity index (χ3v) is 9.26. The van der Waals surface area contributed by atoms with E-state index in [4.69, 9.17) is 14.2 Å². The quantitative estimate of drug-likeness (QED) is 0.252. The number of pyridine rings is 1. The number of benzene rings is 2. The molecule has 1 aliphatic rings. The van der Waals surface area contributed by atoms with Gasteiger partial charge in [-0.3, -0.25) is 9.19 Å². The smallest absolute Gasteiger partial charge is 0.212 e. The molecule has 0 spiro atoms. The van der Waals surface area contributed by atoms with Gasteiger partial charge in [0.2, 0.25) is 5.16 Å². The van der Waals surface area contributed by atoms with Crippen LogP contribution in [-0.4, -0.2) is 69.0 Å².